The van der Waals surface area contributed by atoms with Gasteiger partial charge < -0.3 is 14.7 Å². The number of amides is 1. The molecule has 0 saturated carbocycles. The lowest BCUT2D eigenvalue weighted by molar-refractivity contribution is -0.143. The van der Waals surface area contributed by atoms with E-state index in [1.165, 1.54) is 11.8 Å². The van der Waals surface area contributed by atoms with Crippen LogP contribution in [0.15, 0.2) is 29.3 Å². The van der Waals surface area contributed by atoms with Crippen LogP contribution in [-0.2, 0) is 24.2 Å². The number of fused-ring (bicyclic) bond motifs is 1. The number of hydrogen-bond donors (Lipinski definition) is 1. The molecule has 0 unspecified atom stereocenters. The average molecular weight is 398 g/mol. The minimum absolute atomic E-state index is 0.0151. The molecule has 2 saturated heterocycles. The van der Waals surface area contributed by atoms with Gasteiger partial charge in [-0.15, -0.1) is 0 Å². The third-order valence-electron chi connectivity index (χ3n) is 4.05. The van der Waals surface area contributed by atoms with Crippen molar-refractivity contribution in [3.8, 4) is 0 Å². The molecular weight excluding hydrogens is 380 g/mol. The Kier molecular flexibility index (Phi) is 5.35. The van der Waals surface area contributed by atoms with Gasteiger partial charge in [0.05, 0.1) is 17.5 Å². The monoisotopic (exact) mass is 398 g/mol. The van der Waals surface area contributed by atoms with E-state index in [0.717, 1.165) is 11.3 Å². The van der Waals surface area contributed by atoms with Crippen LogP contribution < -0.4 is 4.90 Å². The number of sulfone groups is 1. The van der Waals surface area contributed by atoms with E-state index in [2.05, 4.69) is 4.99 Å². The fraction of sp³-hybridized carbons (Fsp3) is 0.438. The lowest BCUT2D eigenvalue weighted by atomic mass is 10.1. The maximum atomic E-state index is 12.0. The Morgan fingerprint density at radius 2 is 1.96 bits per heavy atom. The van der Waals surface area contributed by atoms with Crippen molar-refractivity contribution in [2.75, 3.05) is 29.6 Å². The molecule has 2 heterocycles. The highest BCUT2D eigenvalue weighted by Gasteiger charge is 2.49. The van der Waals surface area contributed by atoms with E-state index >= 15 is 0 Å². The highest BCUT2D eigenvalue weighted by atomic mass is 32.2. The highest BCUT2D eigenvalue weighted by molar-refractivity contribution is 8.16. The second kappa shape index (κ2) is 7.37. The van der Waals surface area contributed by atoms with Crippen LogP contribution in [0, 0.1) is 6.92 Å². The number of benzene rings is 1. The highest BCUT2D eigenvalue weighted by Crippen LogP contribution is 2.40. The van der Waals surface area contributed by atoms with Gasteiger partial charge in [0.1, 0.15) is 13.2 Å². The van der Waals surface area contributed by atoms with Crippen LogP contribution in [0.25, 0.3) is 0 Å². The second-order valence-corrected chi connectivity index (χ2v) is 9.54. The number of aryl methyl sites for hydroxylation is 1. The van der Waals surface area contributed by atoms with Crippen LogP contribution in [-0.4, -0.2) is 66.6 Å². The summed E-state index contributed by atoms with van der Waals surface area (Å²) < 4.78 is 28.7. The van der Waals surface area contributed by atoms with Crippen LogP contribution in [0.4, 0.5) is 5.69 Å². The first-order valence-electron chi connectivity index (χ1n) is 7.89. The van der Waals surface area contributed by atoms with Gasteiger partial charge in [-0.1, -0.05) is 29.5 Å². The molecule has 2 aliphatic rings. The van der Waals surface area contributed by atoms with Crippen LogP contribution in [0.2, 0.25) is 0 Å². The van der Waals surface area contributed by atoms with Gasteiger partial charge in [0.25, 0.3) is 5.91 Å². The van der Waals surface area contributed by atoms with E-state index in [-0.39, 0.29) is 22.8 Å². The first-order chi connectivity index (χ1) is 12.2. The van der Waals surface area contributed by atoms with E-state index < -0.39 is 34.9 Å². The van der Waals surface area contributed by atoms with Crippen molar-refractivity contribution in [3.63, 3.8) is 0 Å². The molecule has 140 valence electrons. The summed E-state index contributed by atoms with van der Waals surface area (Å²) in [5.41, 5.74) is 1.83. The molecular formula is C16H18N2O6S2. The van der Waals surface area contributed by atoms with Crippen molar-refractivity contribution in [1.29, 1.82) is 0 Å². The van der Waals surface area contributed by atoms with Crippen molar-refractivity contribution >= 4 is 44.3 Å². The molecule has 1 N–H and O–H groups in total. The number of aliphatic imine (C=N–C) groups is 1. The number of carboxylic acid groups (broad SMARTS) is 1. The Hall–Kier alpha value is -1.91. The number of thioether (sulfide) groups is 1. The topological polar surface area (TPSA) is 113 Å². The fourth-order valence-electron chi connectivity index (χ4n) is 2.94. The third-order valence-corrected chi connectivity index (χ3v) is 7.26. The lowest BCUT2D eigenvalue weighted by Gasteiger charge is -2.24. The van der Waals surface area contributed by atoms with E-state index in [9.17, 15) is 18.0 Å². The molecule has 3 rings (SSSR count). The Labute approximate surface area is 155 Å². The van der Waals surface area contributed by atoms with Crippen molar-refractivity contribution in [2.24, 2.45) is 4.99 Å². The molecule has 8 nitrogen and oxygen atoms in total. The summed E-state index contributed by atoms with van der Waals surface area (Å²) in [5.74, 6) is -1.70. The molecule has 0 radical (unpaired) electrons. The molecule has 2 aliphatic heterocycles. The number of nitrogens with zero attached hydrogens (tertiary/aromatic N) is 2. The molecule has 1 aromatic rings. The van der Waals surface area contributed by atoms with Crippen LogP contribution in [0.1, 0.15) is 5.56 Å². The first kappa shape index (κ1) is 18.9. The minimum atomic E-state index is -3.12. The van der Waals surface area contributed by atoms with Crippen LogP contribution in [0.5, 0.6) is 0 Å². The van der Waals surface area contributed by atoms with Gasteiger partial charge in [-0.2, -0.15) is 4.99 Å². The van der Waals surface area contributed by atoms with Gasteiger partial charge >= 0.3 is 5.97 Å². The number of anilines is 1. The largest absolute Gasteiger partial charge is 0.480 e. The summed E-state index contributed by atoms with van der Waals surface area (Å²) in [4.78, 5) is 28.3. The molecule has 0 bridgehead atoms. The van der Waals surface area contributed by atoms with Crippen molar-refractivity contribution in [1.82, 2.24) is 0 Å². The molecule has 10 heteroatoms. The Morgan fingerprint density at radius 3 is 2.62 bits per heavy atom. The fourth-order valence-corrected chi connectivity index (χ4v) is 6.87. The standard InChI is InChI=1S/C16H18N2O6S2/c1-10-2-4-11(5-3-10)18-12-8-26(22,23)9-13(12)25-16(18)17-14(19)6-24-7-15(20)21/h2-5,12-13H,6-9H2,1H3,(H,20,21)/t12-,13+/m0/s1. The van der Waals surface area contributed by atoms with Crippen LogP contribution in [0.3, 0.4) is 0 Å². The zero-order chi connectivity index (χ0) is 18.9. The van der Waals surface area contributed by atoms with Crippen molar-refractivity contribution < 1.29 is 27.9 Å². The minimum Gasteiger partial charge on any atom is -0.480 e. The van der Waals surface area contributed by atoms with Crippen molar-refractivity contribution in [3.05, 3.63) is 29.8 Å². The quantitative estimate of drug-likeness (QED) is 0.771. The van der Waals surface area contributed by atoms with Crippen LogP contribution >= 0.6 is 11.8 Å². The van der Waals surface area contributed by atoms with Gasteiger partial charge in [0, 0.05) is 10.9 Å². The first-order valence-corrected chi connectivity index (χ1v) is 10.6. The zero-order valence-electron chi connectivity index (χ0n) is 14.0. The number of carbonyl (C=O) groups excluding carboxylic acids is 1. The maximum Gasteiger partial charge on any atom is 0.329 e. The predicted molar refractivity (Wildman–Crippen MR) is 98.4 cm³/mol. The molecule has 2 atom stereocenters. The Balaban J connectivity index is 1.84. The normalized spacial score (nSPS) is 25.4. The molecule has 26 heavy (non-hydrogen) atoms. The third kappa shape index (κ3) is 4.25. The Bertz CT molecular complexity index is 850. The zero-order valence-corrected chi connectivity index (χ0v) is 15.6. The Morgan fingerprint density at radius 1 is 1.27 bits per heavy atom. The predicted octanol–water partition coefficient (Wildman–Crippen LogP) is 0.698. The number of aliphatic carboxylic acids is 1. The molecule has 0 aromatic heterocycles. The summed E-state index contributed by atoms with van der Waals surface area (Å²) in [6.45, 7) is 0.935. The number of carbonyl (C=O) groups is 2. The summed E-state index contributed by atoms with van der Waals surface area (Å²) in [7, 11) is -3.12. The average Bonchev–Trinajstić information content (AvgIpc) is 2.99. The van der Waals surface area contributed by atoms with Gasteiger partial charge in [-0.05, 0) is 19.1 Å². The van der Waals surface area contributed by atoms with Gasteiger partial charge in [-0.25, -0.2) is 13.2 Å². The smallest absolute Gasteiger partial charge is 0.329 e. The van der Waals surface area contributed by atoms with E-state index in [1.54, 1.807) is 4.90 Å². The molecule has 1 amide bonds. The second-order valence-electron chi connectivity index (χ2n) is 6.18. The molecule has 1 aromatic carbocycles. The summed E-state index contributed by atoms with van der Waals surface area (Å²) >= 11 is 1.26. The summed E-state index contributed by atoms with van der Waals surface area (Å²) in [6.07, 6.45) is 0. The number of carboxylic acids is 1. The van der Waals surface area contributed by atoms with E-state index in [0.29, 0.717) is 5.17 Å². The number of rotatable bonds is 5. The number of ether oxygens (including phenoxy) is 1. The van der Waals surface area contributed by atoms with E-state index in [4.69, 9.17) is 9.84 Å². The van der Waals surface area contributed by atoms with Crippen molar-refractivity contribution in [2.45, 2.75) is 18.2 Å². The van der Waals surface area contributed by atoms with Gasteiger partial charge in [-0.3, -0.25) is 4.79 Å². The maximum absolute atomic E-state index is 12.0. The lowest BCUT2D eigenvalue weighted by Crippen LogP contribution is -2.37. The number of hydrogen-bond acceptors (Lipinski definition) is 6. The SMILES string of the molecule is Cc1ccc(N2C(=NC(=O)COCC(=O)O)S[C@@H]3CS(=O)(=O)C[C@@H]32)cc1. The molecule has 2 fully saturated rings. The van der Waals surface area contributed by atoms with Gasteiger partial charge in [0.2, 0.25) is 0 Å². The number of amidine groups is 1. The summed E-state index contributed by atoms with van der Waals surface area (Å²) in [5, 5.41) is 8.77. The molecule has 0 spiro atoms. The van der Waals surface area contributed by atoms with Gasteiger partial charge in [0.15, 0.2) is 15.0 Å². The van der Waals surface area contributed by atoms with E-state index in [1.807, 2.05) is 31.2 Å². The molecule has 0 aliphatic carbocycles. The summed E-state index contributed by atoms with van der Waals surface area (Å²) in [6, 6.07) is 7.27.